The molecular formula is C28H48FN3O2S2. The first-order valence-corrected chi connectivity index (χ1v) is 14.5. The normalized spacial score (nSPS) is 13.1. The number of amides is 1. The van der Waals surface area contributed by atoms with E-state index in [1.807, 2.05) is 13.8 Å². The molecule has 0 aliphatic carbocycles. The van der Waals surface area contributed by atoms with Crippen molar-refractivity contribution in [2.75, 3.05) is 44.2 Å². The minimum Gasteiger partial charge on any atom is -0.354 e. The second-order valence-electron chi connectivity index (χ2n) is 8.91. The first kappa shape index (κ1) is 34.6. The van der Waals surface area contributed by atoms with Gasteiger partial charge in [0.05, 0.1) is 6.54 Å². The Balaban J connectivity index is 0.00000387. The molecule has 0 aliphatic rings. The molecule has 0 radical (unpaired) electrons. The number of halogens is 1. The SMILES string of the molecule is CCC.CCC(=O)C(C)C(CC(CC)=NCCCN(CCS)CC(=O)NCCS)c1ccc(F)cc1. The highest BCUT2D eigenvalue weighted by molar-refractivity contribution is 7.80. The van der Waals surface area contributed by atoms with Crippen molar-refractivity contribution >= 4 is 42.7 Å². The maximum Gasteiger partial charge on any atom is 0.234 e. The summed E-state index contributed by atoms with van der Waals surface area (Å²) in [6, 6.07) is 6.47. The number of benzene rings is 1. The minimum atomic E-state index is -0.276. The first-order valence-electron chi connectivity index (χ1n) is 13.3. The smallest absolute Gasteiger partial charge is 0.234 e. The fourth-order valence-corrected chi connectivity index (χ4v) is 4.21. The van der Waals surface area contributed by atoms with Crippen LogP contribution in [0.15, 0.2) is 29.3 Å². The molecule has 206 valence electrons. The maximum absolute atomic E-state index is 13.4. The molecule has 1 aromatic carbocycles. The molecule has 0 saturated carbocycles. The molecule has 5 nitrogen and oxygen atoms in total. The van der Waals surface area contributed by atoms with Gasteiger partial charge in [-0.15, -0.1) is 0 Å². The quantitative estimate of drug-likeness (QED) is 0.132. The molecule has 36 heavy (non-hydrogen) atoms. The Morgan fingerprint density at radius 2 is 1.67 bits per heavy atom. The van der Waals surface area contributed by atoms with Crippen molar-refractivity contribution in [1.29, 1.82) is 0 Å². The maximum atomic E-state index is 13.4. The number of carbonyl (C=O) groups is 2. The molecule has 0 fully saturated rings. The molecule has 0 aliphatic heterocycles. The molecule has 0 bridgehead atoms. The third-order valence-electron chi connectivity index (χ3n) is 5.81. The minimum absolute atomic E-state index is 0.000278. The Bertz CT molecular complexity index is 760. The zero-order valence-electron chi connectivity index (χ0n) is 22.9. The van der Waals surface area contributed by atoms with E-state index in [0.717, 1.165) is 37.2 Å². The number of rotatable bonds is 17. The Hall–Kier alpha value is -1.38. The van der Waals surface area contributed by atoms with Crippen LogP contribution in [0.1, 0.15) is 78.2 Å². The number of ketones is 1. The Labute approximate surface area is 229 Å². The van der Waals surface area contributed by atoms with Gasteiger partial charge in [-0.1, -0.05) is 53.2 Å². The van der Waals surface area contributed by atoms with E-state index in [2.05, 4.69) is 56.2 Å². The summed E-state index contributed by atoms with van der Waals surface area (Å²) in [6.45, 7) is 13.2. The van der Waals surface area contributed by atoms with Crippen LogP contribution in [0, 0.1) is 11.7 Å². The summed E-state index contributed by atoms with van der Waals surface area (Å²) in [5.74, 6) is 1.06. The van der Waals surface area contributed by atoms with Crippen LogP contribution in [0.2, 0.25) is 0 Å². The Morgan fingerprint density at radius 3 is 2.19 bits per heavy atom. The molecule has 0 heterocycles. The van der Waals surface area contributed by atoms with Gasteiger partial charge in [0.2, 0.25) is 5.91 Å². The summed E-state index contributed by atoms with van der Waals surface area (Å²) < 4.78 is 13.4. The van der Waals surface area contributed by atoms with Gasteiger partial charge in [-0.05, 0) is 42.9 Å². The van der Waals surface area contributed by atoms with Crippen molar-refractivity contribution in [3.8, 4) is 0 Å². The molecule has 0 spiro atoms. The topological polar surface area (TPSA) is 61.8 Å². The average Bonchev–Trinajstić information content (AvgIpc) is 2.87. The summed E-state index contributed by atoms with van der Waals surface area (Å²) in [7, 11) is 0. The predicted molar refractivity (Wildman–Crippen MR) is 159 cm³/mol. The number of hydrogen-bond donors (Lipinski definition) is 3. The van der Waals surface area contributed by atoms with Crippen molar-refractivity contribution in [3.05, 3.63) is 35.6 Å². The number of nitrogens with one attached hydrogen (secondary N) is 1. The highest BCUT2D eigenvalue weighted by Gasteiger charge is 2.25. The molecule has 1 N–H and O–H groups in total. The summed E-state index contributed by atoms with van der Waals surface area (Å²) in [4.78, 5) is 31.4. The fourth-order valence-electron chi connectivity index (χ4n) is 3.81. The van der Waals surface area contributed by atoms with Crippen LogP contribution in [0.5, 0.6) is 0 Å². The van der Waals surface area contributed by atoms with Crippen molar-refractivity contribution in [2.45, 2.75) is 72.6 Å². The standard InChI is InChI=1S/C25H40FN3O2S2.C3H8/c1-4-22(27-11-6-13-29(14-16-33)18-25(31)28-12-15-32)17-23(19(3)24(30)5-2)20-7-9-21(26)10-8-20;1-3-2/h7-10,19,23,32-33H,4-6,11-18H2,1-3H3,(H,28,31);3H2,1-2H3. The molecule has 1 amide bonds. The zero-order valence-corrected chi connectivity index (χ0v) is 24.7. The number of Topliss-reactive ketones (excluding diaryl/α,β-unsaturated/α-hetero) is 1. The van der Waals surface area contributed by atoms with Crippen LogP contribution in [-0.4, -0.2) is 66.5 Å². The number of aliphatic imine (C=N–C) groups is 1. The zero-order chi connectivity index (χ0) is 27.3. The monoisotopic (exact) mass is 541 g/mol. The van der Waals surface area contributed by atoms with Gasteiger partial charge < -0.3 is 5.32 Å². The van der Waals surface area contributed by atoms with Gasteiger partial charge in [0.25, 0.3) is 0 Å². The Morgan fingerprint density at radius 1 is 1.03 bits per heavy atom. The van der Waals surface area contributed by atoms with E-state index in [0.29, 0.717) is 44.0 Å². The van der Waals surface area contributed by atoms with Crippen molar-refractivity contribution in [3.63, 3.8) is 0 Å². The number of hydrogen-bond acceptors (Lipinski definition) is 6. The molecule has 2 atom stereocenters. The lowest BCUT2D eigenvalue weighted by molar-refractivity contribution is -0.123. The van der Waals surface area contributed by atoms with Crippen LogP contribution in [0.25, 0.3) is 0 Å². The molecule has 8 heteroatoms. The summed E-state index contributed by atoms with van der Waals surface area (Å²) in [5.41, 5.74) is 2.03. The highest BCUT2D eigenvalue weighted by Crippen LogP contribution is 2.31. The van der Waals surface area contributed by atoms with E-state index in [4.69, 9.17) is 4.99 Å². The van der Waals surface area contributed by atoms with Crippen molar-refractivity contribution in [2.24, 2.45) is 10.9 Å². The average molecular weight is 542 g/mol. The third-order valence-corrected chi connectivity index (χ3v) is 6.23. The molecule has 1 rings (SSSR count). The number of nitrogens with zero attached hydrogens (tertiary/aromatic N) is 2. The molecule has 0 aromatic heterocycles. The van der Waals surface area contributed by atoms with E-state index in [-0.39, 0.29) is 29.3 Å². The lowest BCUT2D eigenvalue weighted by Crippen LogP contribution is -2.39. The van der Waals surface area contributed by atoms with E-state index in [9.17, 15) is 14.0 Å². The van der Waals surface area contributed by atoms with Gasteiger partial charge in [0, 0.05) is 55.7 Å². The van der Waals surface area contributed by atoms with Gasteiger partial charge in [-0.25, -0.2) is 4.39 Å². The highest BCUT2D eigenvalue weighted by atomic mass is 32.1. The molecule has 2 unspecified atom stereocenters. The lowest BCUT2D eigenvalue weighted by Gasteiger charge is -2.24. The fraction of sp³-hybridized carbons (Fsp3) is 0.679. The van der Waals surface area contributed by atoms with Crippen molar-refractivity contribution < 1.29 is 14.0 Å². The van der Waals surface area contributed by atoms with E-state index >= 15 is 0 Å². The summed E-state index contributed by atoms with van der Waals surface area (Å²) in [6.07, 6.45) is 4.06. The van der Waals surface area contributed by atoms with Gasteiger partial charge in [0.15, 0.2) is 0 Å². The Kier molecular flexibility index (Phi) is 20.9. The summed E-state index contributed by atoms with van der Waals surface area (Å²) in [5, 5.41) is 2.84. The van der Waals surface area contributed by atoms with Crippen LogP contribution < -0.4 is 5.32 Å². The second kappa shape index (κ2) is 21.7. The number of carbonyl (C=O) groups excluding carboxylic acids is 2. The number of thiol groups is 2. The lowest BCUT2D eigenvalue weighted by atomic mass is 9.80. The van der Waals surface area contributed by atoms with Crippen LogP contribution >= 0.6 is 25.3 Å². The van der Waals surface area contributed by atoms with Crippen LogP contribution in [0.3, 0.4) is 0 Å². The van der Waals surface area contributed by atoms with Gasteiger partial charge in [-0.3, -0.25) is 19.5 Å². The van der Waals surface area contributed by atoms with E-state index in [1.54, 1.807) is 12.1 Å². The molecule has 1 aromatic rings. The van der Waals surface area contributed by atoms with Crippen molar-refractivity contribution in [1.82, 2.24) is 10.2 Å². The van der Waals surface area contributed by atoms with Crippen LogP contribution in [0.4, 0.5) is 4.39 Å². The predicted octanol–water partition coefficient (Wildman–Crippen LogP) is 5.85. The van der Waals surface area contributed by atoms with Gasteiger partial charge >= 0.3 is 0 Å². The third kappa shape index (κ3) is 15.0. The van der Waals surface area contributed by atoms with Gasteiger partial charge in [-0.2, -0.15) is 25.3 Å². The van der Waals surface area contributed by atoms with Gasteiger partial charge in [0.1, 0.15) is 11.6 Å². The first-order chi connectivity index (χ1) is 17.3. The second-order valence-corrected chi connectivity index (χ2v) is 9.80. The van der Waals surface area contributed by atoms with Crippen LogP contribution in [-0.2, 0) is 9.59 Å². The molecule has 0 saturated heterocycles. The van der Waals surface area contributed by atoms with E-state index < -0.39 is 0 Å². The summed E-state index contributed by atoms with van der Waals surface area (Å²) >= 11 is 8.42. The molecular weight excluding hydrogens is 493 g/mol. The largest absolute Gasteiger partial charge is 0.354 e. The van der Waals surface area contributed by atoms with E-state index in [1.165, 1.54) is 18.6 Å².